The van der Waals surface area contributed by atoms with Crippen LogP contribution in [0.1, 0.15) is 71.1 Å². The molecule has 0 saturated heterocycles. The number of carbonyl (C=O) groups is 2. The lowest BCUT2D eigenvalue weighted by molar-refractivity contribution is -0.137. The first-order valence-corrected chi connectivity index (χ1v) is 10.8. The second-order valence-electron chi connectivity index (χ2n) is 6.89. The molecule has 1 aliphatic carbocycles. The average Bonchev–Trinajstić information content (AvgIpc) is 2.87. The number of rotatable bonds is 14. The first-order chi connectivity index (χ1) is 12.1. The molecular weight excluding hydrogens is 336 g/mol. The lowest BCUT2D eigenvalue weighted by Gasteiger charge is -2.23. The zero-order chi connectivity index (χ0) is 18.5. The molecule has 3 atom stereocenters. The van der Waals surface area contributed by atoms with Crippen LogP contribution in [-0.2, 0) is 9.59 Å². The first kappa shape index (κ1) is 22.2. The summed E-state index contributed by atoms with van der Waals surface area (Å²) in [5.41, 5.74) is 0. The molecular formula is C20H34O4S. The van der Waals surface area contributed by atoms with E-state index in [0.29, 0.717) is 29.1 Å². The number of carboxylic acids is 1. The minimum atomic E-state index is -0.712. The third-order valence-corrected chi connectivity index (χ3v) is 6.32. The second kappa shape index (κ2) is 13.4. The van der Waals surface area contributed by atoms with E-state index in [2.05, 4.69) is 19.1 Å². The molecule has 0 heterocycles. The van der Waals surface area contributed by atoms with Crippen molar-refractivity contribution < 1.29 is 19.8 Å². The summed E-state index contributed by atoms with van der Waals surface area (Å²) in [7, 11) is 0. The van der Waals surface area contributed by atoms with Crippen LogP contribution in [0.4, 0.5) is 0 Å². The summed E-state index contributed by atoms with van der Waals surface area (Å²) in [6.45, 7) is 2.28. The summed E-state index contributed by atoms with van der Waals surface area (Å²) in [5.74, 6) is 0.954. The maximum absolute atomic E-state index is 12.4. The van der Waals surface area contributed by atoms with Gasteiger partial charge in [-0.1, -0.05) is 44.8 Å². The highest BCUT2D eigenvalue weighted by atomic mass is 32.2. The molecule has 0 bridgehead atoms. The highest BCUT2D eigenvalue weighted by Crippen LogP contribution is 2.42. The van der Waals surface area contributed by atoms with Gasteiger partial charge in [0, 0.05) is 29.8 Å². The number of hydrogen-bond acceptors (Lipinski definition) is 4. The second-order valence-corrected chi connectivity index (χ2v) is 8.24. The Morgan fingerprint density at radius 1 is 1.20 bits per heavy atom. The van der Waals surface area contributed by atoms with Crippen LogP contribution in [0.15, 0.2) is 12.2 Å². The number of allylic oxidation sites excluding steroid dienone is 2. The summed E-state index contributed by atoms with van der Waals surface area (Å²) in [6.07, 6.45) is 13.2. The molecule has 0 spiro atoms. The van der Waals surface area contributed by atoms with E-state index in [1.165, 1.54) is 0 Å². The van der Waals surface area contributed by atoms with E-state index in [4.69, 9.17) is 10.2 Å². The number of hydrogen-bond donors (Lipinski definition) is 2. The fourth-order valence-electron chi connectivity index (χ4n) is 3.67. The van der Waals surface area contributed by atoms with Crippen LogP contribution in [0.3, 0.4) is 0 Å². The Hall–Kier alpha value is -0.810. The Bertz CT molecular complexity index is 422. The third kappa shape index (κ3) is 8.91. The van der Waals surface area contributed by atoms with Gasteiger partial charge in [-0.2, -0.15) is 11.8 Å². The normalized spacial score (nSPS) is 23.6. The lowest BCUT2D eigenvalue weighted by atomic mass is 9.87. The summed E-state index contributed by atoms with van der Waals surface area (Å²) >= 11 is 1.75. The molecule has 0 amide bonds. The minimum Gasteiger partial charge on any atom is -0.481 e. The summed E-state index contributed by atoms with van der Waals surface area (Å²) in [5, 5.41) is 18.1. The van der Waals surface area contributed by atoms with E-state index in [1.807, 2.05) is 0 Å². The Labute approximate surface area is 156 Å². The maximum atomic E-state index is 12.4. The van der Waals surface area contributed by atoms with Gasteiger partial charge in [-0.15, -0.1) is 0 Å². The van der Waals surface area contributed by atoms with Gasteiger partial charge in [0.2, 0.25) is 0 Å². The van der Waals surface area contributed by atoms with Crippen LogP contribution in [0.25, 0.3) is 0 Å². The fraction of sp³-hybridized carbons (Fsp3) is 0.800. The lowest BCUT2D eigenvalue weighted by Crippen LogP contribution is -2.19. The molecule has 0 radical (unpaired) electrons. The highest BCUT2D eigenvalue weighted by Gasteiger charge is 2.40. The predicted octanol–water partition coefficient (Wildman–Crippen LogP) is 4.46. The fourth-order valence-corrected chi connectivity index (χ4v) is 4.94. The quantitative estimate of drug-likeness (QED) is 0.349. The number of Topliss-reactive ketones (excluding diaryl/α,β-unsaturated/α-hetero) is 1. The zero-order valence-electron chi connectivity index (χ0n) is 15.5. The van der Waals surface area contributed by atoms with Crippen molar-refractivity contribution in [2.45, 2.75) is 76.4 Å². The van der Waals surface area contributed by atoms with E-state index in [9.17, 15) is 9.59 Å². The Morgan fingerprint density at radius 3 is 2.60 bits per heavy atom. The summed E-state index contributed by atoms with van der Waals surface area (Å²) < 4.78 is 0. The number of unbranched alkanes of at least 4 members (excludes halogenated alkanes) is 4. The molecule has 4 nitrogen and oxygen atoms in total. The Morgan fingerprint density at radius 2 is 1.92 bits per heavy atom. The highest BCUT2D eigenvalue weighted by molar-refractivity contribution is 8.00. The van der Waals surface area contributed by atoms with Crippen LogP contribution in [-0.4, -0.2) is 39.6 Å². The summed E-state index contributed by atoms with van der Waals surface area (Å²) in [6, 6.07) is 0. The van der Waals surface area contributed by atoms with Crippen molar-refractivity contribution in [3.63, 3.8) is 0 Å². The number of aliphatic hydroxyl groups is 1. The number of aliphatic carboxylic acids is 1. The van der Waals surface area contributed by atoms with Crippen LogP contribution in [0, 0.1) is 11.8 Å². The van der Waals surface area contributed by atoms with E-state index in [-0.39, 0.29) is 18.9 Å². The van der Waals surface area contributed by atoms with Crippen molar-refractivity contribution in [2.75, 3.05) is 12.4 Å². The average molecular weight is 371 g/mol. The van der Waals surface area contributed by atoms with E-state index >= 15 is 0 Å². The number of carboxylic acid groups (broad SMARTS) is 1. The van der Waals surface area contributed by atoms with Gasteiger partial charge in [0.05, 0.1) is 6.61 Å². The van der Waals surface area contributed by atoms with Crippen molar-refractivity contribution in [3.8, 4) is 0 Å². The molecule has 25 heavy (non-hydrogen) atoms. The third-order valence-electron chi connectivity index (χ3n) is 4.95. The zero-order valence-corrected chi connectivity index (χ0v) is 16.3. The van der Waals surface area contributed by atoms with Gasteiger partial charge in [0.25, 0.3) is 0 Å². The first-order valence-electron chi connectivity index (χ1n) is 9.72. The Kier molecular flexibility index (Phi) is 11.9. The Balaban J connectivity index is 2.42. The molecule has 1 fully saturated rings. The van der Waals surface area contributed by atoms with Crippen LogP contribution in [0.2, 0.25) is 0 Å². The van der Waals surface area contributed by atoms with Crippen LogP contribution >= 0.6 is 11.8 Å². The molecule has 1 unspecified atom stereocenters. The molecule has 0 aromatic heterocycles. The topological polar surface area (TPSA) is 74.6 Å². The van der Waals surface area contributed by atoms with E-state index < -0.39 is 5.97 Å². The van der Waals surface area contributed by atoms with Gasteiger partial charge in [-0.25, -0.2) is 0 Å². The molecule has 0 aliphatic heterocycles. The molecule has 0 aromatic rings. The molecule has 144 valence electrons. The van der Waals surface area contributed by atoms with Gasteiger partial charge in [0.1, 0.15) is 5.78 Å². The van der Waals surface area contributed by atoms with Gasteiger partial charge >= 0.3 is 5.97 Å². The number of thioether (sulfide) groups is 1. The van der Waals surface area contributed by atoms with Gasteiger partial charge in [0.15, 0.2) is 0 Å². The predicted molar refractivity (Wildman–Crippen MR) is 104 cm³/mol. The van der Waals surface area contributed by atoms with Crippen LogP contribution in [0.5, 0.6) is 0 Å². The maximum Gasteiger partial charge on any atom is 0.303 e. The molecule has 2 N–H and O–H groups in total. The standard InChI is InChI=1S/C20H34O4S/c1-2-3-7-10-16-17(19(15-18(16)22)25-14-13-21)11-8-5-4-6-9-12-20(23)24/h3,7,16-17,19,21H,2,4-6,8-15H2,1H3,(H,23,24)/b7-3-/t16-,17+,19?/m0/s1. The van der Waals surface area contributed by atoms with Gasteiger partial charge in [-0.3, -0.25) is 9.59 Å². The molecule has 0 aromatic carbocycles. The smallest absolute Gasteiger partial charge is 0.303 e. The molecule has 1 aliphatic rings. The largest absolute Gasteiger partial charge is 0.481 e. The number of aliphatic hydroxyl groups excluding tert-OH is 1. The molecule has 1 rings (SSSR count). The van der Waals surface area contributed by atoms with Gasteiger partial charge < -0.3 is 10.2 Å². The van der Waals surface area contributed by atoms with Crippen molar-refractivity contribution in [2.24, 2.45) is 11.8 Å². The van der Waals surface area contributed by atoms with E-state index in [1.54, 1.807) is 11.8 Å². The van der Waals surface area contributed by atoms with Gasteiger partial charge in [-0.05, 0) is 31.6 Å². The minimum absolute atomic E-state index is 0.144. The number of carbonyl (C=O) groups excluding carboxylic acids is 1. The van der Waals surface area contributed by atoms with Crippen molar-refractivity contribution in [1.82, 2.24) is 0 Å². The van der Waals surface area contributed by atoms with Crippen LogP contribution < -0.4 is 0 Å². The molecule has 1 saturated carbocycles. The SMILES string of the molecule is CC/C=C\C[C@@H]1C(=O)CC(SCCO)[C@@H]1CCCCCCCC(=O)O. The van der Waals surface area contributed by atoms with Crippen molar-refractivity contribution >= 4 is 23.5 Å². The van der Waals surface area contributed by atoms with E-state index in [0.717, 1.165) is 51.4 Å². The number of ketones is 1. The van der Waals surface area contributed by atoms with Crippen molar-refractivity contribution in [3.05, 3.63) is 12.2 Å². The van der Waals surface area contributed by atoms with Crippen molar-refractivity contribution in [1.29, 1.82) is 0 Å². The monoisotopic (exact) mass is 370 g/mol. The molecule has 5 heteroatoms. The summed E-state index contributed by atoms with van der Waals surface area (Å²) in [4.78, 5) is 22.9.